The number of hydrogen-bond acceptors (Lipinski definition) is 5. The molecule has 1 N–H and O–H groups in total. The maximum absolute atomic E-state index is 10.4. The molecule has 106 valence electrons. The molecule has 1 aliphatic rings. The van der Waals surface area contributed by atoms with Gasteiger partial charge in [0.25, 0.3) is 0 Å². The van der Waals surface area contributed by atoms with Crippen LogP contribution in [-0.2, 0) is 6.54 Å². The molecule has 1 atom stereocenters. The van der Waals surface area contributed by atoms with Gasteiger partial charge in [0.2, 0.25) is 0 Å². The zero-order chi connectivity index (χ0) is 14.4. The van der Waals surface area contributed by atoms with E-state index in [2.05, 4.69) is 33.2 Å². The Morgan fingerprint density at radius 3 is 3.05 bits per heavy atom. The monoisotopic (exact) mass is 297 g/mol. The molecule has 0 saturated heterocycles. The predicted octanol–water partition coefficient (Wildman–Crippen LogP) is 3.05. The van der Waals surface area contributed by atoms with Crippen molar-refractivity contribution >= 4 is 27.4 Å². The molecule has 0 amide bonds. The molecule has 4 nitrogen and oxygen atoms in total. The van der Waals surface area contributed by atoms with Gasteiger partial charge in [-0.3, -0.25) is 0 Å². The standard InChI is InChI=1S/C16H15N3OS/c1-10-8-21-15-14(10)17-9-18-16(15)19-6-11-4-2-3-5-12(11)13(20)7-19/h2-5,8-9,13,20H,6-7H2,1H3. The summed E-state index contributed by atoms with van der Waals surface area (Å²) in [5.74, 6) is 0.923. The number of fused-ring (bicyclic) bond motifs is 2. The number of aryl methyl sites for hydroxylation is 1. The van der Waals surface area contributed by atoms with Crippen molar-refractivity contribution in [1.82, 2.24) is 9.97 Å². The first-order valence-electron chi connectivity index (χ1n) is 6.93. The second-order valence-corrected chi connectivity index (χ2v) is 6.27. The van der Waals surface area contributed by atoms with Crippen molar-refractivity contribution in [3.63, 3.8) is 0 Å². The predicted molar refractivity (Wildman–Crippen MR) is 84.6 cm³/mol. The normalized spacial score (nSPS) is 18.0. The fourth-order valence-corrected chi connectivity index (χ4v) is 3.94. The van der Waals surface area contributed by atoms with Crippen LogP contribution < -0.4 is 4.90 Å². The highest BCUT2D eigenvalue weighted by Gasteiger charge is 2.25. The van der Waals surface area contributed by atoms with Crippen LogP contribution >= 0.6 is 11.3 Å². The van der Waals surface area contributed by atoms with Gasteiger partial charge in [-0.05, 0) is 29.0 Å². The van der Waals surface area contributed by atoms with Crippen molar-refractivity contribution < 1.29 is 5.11 Å². The highest BCUT2D eigenvalue weighted by Crippen LogP contribution is 2.35. The van der Waals surface area contributed by atoms with Crippen LogP contribution in [0.1, 0.15) is 22.8 Å². The number of rotatable bonds is 1. The van der Waals surface area contributed by atoms with E-state index in [4.69, 9.17) is 0 Å². The number of benzene rings is 1. The molecule has 0 radical (unpaired) electrons. The smallest absolute Gasteiger partial charge is 0.150 e. The molecule has 5 heteroatoms. The number of aliphatic hydroxyl groups is 1. The highest BCUT2D eigenvalue weighted by atomic mass is 32.1. The Kier molecular flexibility index (Phi) is 2.90. The average Bonchev–Trinajstić information content (AvgIpc) is 2.89. The fourth-order valence-electron chi connectivity index (χ4n) is 2.92. The first-order valence-corrected chi connectivity index (χ1v) is 7.81. The minimum absolute atomic E-state index is 0.471. The van der Waals surface area contributed by atoms with Crippen LogP contribution in [0.25, 0.3) is 10.2 Å². The second kappa shape index (κ2) is 4.79. The van der Waals surface area contributed by atoms with Crippen molar-refractivity contribution in [2.75, 3.05) is 11.4 Å². The summed E-state index contributed by atoms with van der Waals surface area (Å²) in [5.41, 5.74) is 4.38. The summed E-state index contributed by atoms with van der Waals surface area (Å²) in [6, 6.07) is 8.06. The number of thiophene rings is 1. The molecule has 2 aromatic heterocycles. The minimum Gasteiger partial charge on any atom is -0.387 e. The van der Waals surface area contributed by atoms with Gasteiger partial charge in [-0.15, -0.1) is 11.3 Å². The molecule has 21 heavy (non-hydrogen) atoms. The first kappa shape index (κ1) is 12.7. The average molecular weight is 297 g/mol. The van der Waals surface area contributed by atoms with E-state index < -0.39 is 6.10 Å². The molecular formula is C16H15N3OS. The third-order valence-corrected chi connectivity index (χ3v) is 5.06. The van der Waals surface area contributed by atoms with Gasteiger partial charge < -0.3 is 10.0 Å². The van der Waals surface area contributed by atoms with Gasteiger partial charge in [-0.1, -0.05) is 24.3 Å². The van der Waals surface area contributed by atoms with E-state index in [1.165, 1.54) is 5.56 Å². The van der Waals surface area contributed by atoms with Crippen molar-refractivity contribution in [3.05, 3.63) is 52.7 Å². The minimum atomic E-state index is -0.471. The SMILES string of the molecule is Cc1csc2c(N3Cc4ccccc4C(O)C3)ncnc12. The first-order chi connectivity index (χ1) is 10.2. The van der Waals surface area contributed by atoms with E-state index in [-0.39, 0.29) is 0 Å². The molecule has 0 spiro atoms. The molecular weight excluding hydrogens is 282 g/mol. The van der Waals surface area contributed by atoms with E-state index in [1.54, 1.807) is 17.7 Å². The third kappa shape index (κ3) is 2.01. The zero-order valence-corrected chi connectivity index (χ0v) is 12.5. The second-order valence-electron chi connectivity index (χ2n) is 5.39. The Morgan fingerprint density at radius 1 is 1.29 bits per heavy atom. The summed E-state index contributed by atoms with van der Waals surface area (Å²) in [6.45, 7) is 3.41. The van der Waals surface area contributed by atoms with Crippen LogP contribution in [0.3, 0.4) is 0 Å². The van der Waals surface area contributed by atoms with E-state index >= 15 is 0 Å². The molecule has 1 aromatic carbocycles. The van der Waals surface area contributed by atoms with Gasteiger partial charge in [-0.25, -0.2) is 9.97 Å². The lowest BCUT2D eigenvalue weighted by molar-refractivity contribution is 0.175. The lowest BCUT2D eigenvalue weighted by Crippen LogP contribution is -2.34. The van der Waals surface area contributed by atoms with Crippen molar-refractivity contribution in [3.8, 4) is 0 Å². The van der Waals surface area contributed by atoms with E-state index in [1.807, 2.05) is 18.2 Å². The number of nitrogens with zero attached hydrogens (tertiary/aromatic N) is 3. The summed E-state index contributed by atoms with van der Waals surface area (Å²) in [6.07, 6.45) is 1.14. The quantitative estimate of drug-likeness (QED) is 0.750. The van der Waals surface area contributed by atoms with Crippen LogP contribution in [-0.4, -0.2) is 21.6 Å². The highest BCUT2D eigenvalue weighted by molar-refractivity contribution is 7.18. The lowest BCUT2D eigenvalue weighted by Gasteiger charge is -2.33. The molecule has 1 aliphatic heterocycles. The Morgan fingerprint density at radius 2 is 2.14 bits per heavy atom. The largest absolute Gasteiger partial charge is 0.387 e. The maximum Gasteiger partial charge on any atom is 0.150 e. The van der Waals surface area contributed by atoms with Crippen LogP contribution in [0, 0.1) is 6.92 Å². The number of anilines is 1. The lowest BCUT2D eigenvalue weighted by atomic mass is 9.97. The van der Waals surface area contributed by atoms with Crippen LogP contribution in [0.2, 0.25) is 0 Å². The van der Waals surface area contributed by atoms with Gasteiger partial charge in [0, 0.05) is 13.1 Å². The fraction of sp³-hybridized carbons (Fsp3) is 0.250. The van der Waals surface area contributed by atoms with Gasteiger partial charge in [0.1, 0.15) is 12.1 Å². The Labute approximate surface area is 126 Å². The van der Waals surface area contributed by atoms with Gasteiger partial charge in [0.05, 0.1) is 16.3 Å². The van der Waals surface area contributed by atoms with Crippen molar-refractivity contribution in [2.45, 2.75) is 19.6 Å². The Balaban J connectivity index is 1.81. The molecule has 0 bridgehead atoms. The maximum atomic E-state index is 10.4. The topological polar surface area (TPSA) is 49.2 Å². The molecule has 0 fully saturated rings. The number of β-amino-alcohol motifs (C(OH)–C–C–N with tert-alkyl or cyclic N) is 1. The van der Waals surface area contributed by atoms with Crippen molar-refractivity contribution in [1.29, 1.82) is 0 Å². The molecule has 3 aromatic rings. The summed E-state index contributed by atoms with van der Waals surface area (Å²) < 4.78 is 1.10. The van der Waals surface area contributed by atoms with E-state index in [0.29, 0.717) is 6.54 Å². The molecule has 0 saturated carbocycles. The van der Waals surface area contributed by atoms with Crippen LogP contribution in [0.4, 0.5) is 5.82 Å². The zero-order valence-electron chi connectivity index (χ0n) is 11.7. The van der Waals surface area contributed by atoms with E-state index in [9.17, 15) is 5.11 Å². The van der Waals surface area contributed by atoms with Gasteiger partial charge >= 0.3 is 0 Å². The third-order valence-electron chi connectivity index (χ3n) is 3.98. The van der Waals surface area contributed by atoms with Gasteiger partial charge in [0.15, 0.2) is 0 Å². The molecule has 1 unspecified atom stereocenters. The summed E-state index contributed by atoms with van der Waals surface area (Å²) >= 11 is 1.67. The summed E-state index contributed by atoms with van der Waals surface area (Å²) in [4.78, 5) is 11.0. The summed E-state index contributed by atoms with van der Waals surface area (Å²) in [5, 5.41) is 12.5. The van der Waals surface area contributed by atoms with Crippen molar-refractivity contribution in [2.24, 2.45) is 0 Å². The number of aromatic nitrogens is 2. The Hall–Kier alpha value is -1.98. The Bertz CT molecular complexity index is 814. The van der Waals surface area contributed by atoms with E-state index in [0.717, 1.165) is 33.7 Å². The molecule has 3 heterocycles. The number of hydrogen-bond donors (Lipinski definition) is 1. The molecule has 4 rings (SSSR count). The molecule has 0 aliphatic carbocycles. The summed E-state index contributed by atoms with van der Waals surface area (Å²) in [7, 11) is 0. The van der Waals surface area contributed by atoms with Crippen LogP contribution in [0.15, 0.2) is 36.0 Å². The number of aliphatic hydroxyl groups excluding tert-OH is 1. The van der Waals surface area contributed by atoms with Crippen LogP contribution in [0.5, 0.6) is 0 Å². The van der Waals surface area contributed by atoms with Gasteiger partial charge in [-0.2, -0.15) is 0 Å².